The van der Waals surface area contributed by atoms with Gasteiger partial charge in [0.2, 0.25) is 0 Å². The van der Waals surface area contributed by atoms with Crippen LogP contribution in [-0.2, 0) is 6.54 Å². The van der Waals surface area contributed by atoms with Crippen molar-refractivity contribution in [2.24, 2.45) is 0 Å². The van der Waals surface area contributed by atoms with Crippen LogP contribution in [0.4, 0.5) is 5.69 Å². The largest absolute Gasteiger partial charge is 0.508 e. The highest BCUT2D eigenvalue weighted by Crippen LogP contribution is 2.23. The lowest BCUT2D eigenvalue weighted by atomic mass is 10.1. The third kappa shape index (κ3) is 3.54. The van der Waals surface area contributed by atoms with Crippen molar-refractivity contribution >= 4 is 16.7 Å². The van der Waals surface area contributed by atoms with Crippen molar-refractivity contribution in [2.75, 3.05) is 11.4 Å². The number of fused-ring (bicyclic) bond motifs is 1. The summed E-state index contributed by atoms with van der Waals surface area (Å²) in [4.78, 5) is 13.5. The molecule has 3 rings (SSSR count). The highest BCUT2D eigenvalue weighted by molar-refractivity contribution is 5.77. The third-order valence-corrected chi connectivity index (χ3v) is 3.75. The second kappa shape index (κ2) is 6.57. The molecule has 1 heterocycles. The normalized spacial score (nSPS) is 10.8. The number of hydrogen-bond acceptors (Lipinski definition) is 4. The van der Waals surface area contributed by atoms with E-state index in [1.165, 1.54) is 6.07 Å². The average Bonchev–Trinajstić information content (AvgIpc) is 2.54. The Kier molecular flexibility index (Phi) is 4.33. The van der Waals surface area contributed by atoms with E-state index < -0.39 is 0 Å². The summed E-state index contributed by atoms with van der Waals surface area (Å²) in [6.45, 7) is 3.75. The highest BCUT2D eigenvalue weighted by Gasteiger charge is 2.08. The molecule has 1 N–H and O–H groups in total. The fourth-order valence-electron chi connectivity index (χ4n) is 2.70. The van der Waals surface area contributed by atoms with Crippen molar-refractivity contribution in [3.8, 4) is 5.75 Å². The molecule has 4 heteroatoms. The van der Waals surface area contributed by atoms with Crippen molar-refractivity contribution in [2.45, 2.75) is 19.9 Å². The molecule has 0 fully saturated rings. The first-order chi connectivity index (χ1) is 11.2. The topological polar surface area (TPSA) is 53.7 Å². The molecule has 4 nitrogen and oxygen atoms in total. The SMILES string of the molecule is CCCN(Cc1ccc2oc(=O)ccc2c1)c1cccc(O)c1. The molecule has 0 atom stereocenters. The van der Waals surface area contributed by atoms with Gasteiger partial charge in [0.1, 0.15) is 11.3 Å². The molecule has 0 amide bonds. The molecule has 118 valence electrons. The van der Waals surface area contributed by atoms with Crippen molar-refractivity contribution < 1.29 is 9.52 Å². The lowest BCUT2D eigenvalue weighted by Gasteiger charge is -2.24. The fraction of sp³-hybridized carbons (Fsp3) is 0.211. The maximum absolute atomic E-state index is 11.2. The monoisotopic (exact) mass is 309 g/mol. The van der Waals surface area contributed by atoms with Gasteiger partial charge in [-0.3, -0.25) is 0 Å². The van der Waals surface area contributed by atoms with E-state index in [9.17, 15) is 9.90 Å². The molecule has 0 bridgehead atoms. The zero-order valence-electron chi connectivity index (χ0n) is 13.0. The number of phenols is 1. The number of phenolic OH excluding ortho intramolecular Hbond substituents is 1. The summed E-state index contributed by atoms with van der Waals surface area (Å²) in [6.07, 6.45) is 1.01. The van der Waals surface area contributed by atoms with Crippen molar-refractivity contribution in [3.05, 3.63) is 70.6 Å². The maximum Gasteiger partial charge on any atom is 0.336 e. The standard InChI is InChI=1S/C19H19NO3/c1-2-10-20(16-4-3-5-17(21)12-16)13-14-6-8-18-15(11-14)7-9-19(22)23-18/h3-9,11-12,21H,2,10,13H2,1H3. The first-order valence-electron chi connectivity index (χ1n) is 7.72. The van der Waals surface area contributed by atoms with Crippen LogP contribution >= 0.6 is 0 Å². The molecule has 23 heavy (non-hydrogen) atoms. The smallest absolute Gasteiger partial charge is 0.336 e. The van der Waals surface area contributed by atoms with Crippen LogP contribution in [0.2, 0.25) is 0 Å². The Bertz CT molecular complexity index is 870. The minimum absolute atomic E-state index is 0.267. The van der Waals surface area contributed by atoms with E-state index in [0.29, 0.717) is 5.58 Å². The van der Waals surface area contributed by atoms with E-state index in [1.54, 1.807) is 18.2 Å². The first kappa shape index (κ1) is 15.2. The molecule has 1 aromatic heterocycles. The lowest BCUT2D eigenvalue weighted by Crippen LogP contribution is -2.23. The summed E-state index contributed by atoms with van der Waals surface area (Å²) >= 11 is 0. The minimum atomic E-state index is -0.336. The van der Waals surface area contributed by atoms with E-state index >= 15 is 0 Å². The summed E-state index contributed by atoms with van der Waals surface area (Å²) in [7, 11) is 0. The van der Waals surface area contributed by atoms with Gasteiger partial charge in [-0.25, -0.2) is 4.79 Å². The van der Waals surface area contributed by atoms with Gasteiger partial charge in [-0.15, -0.1) is 0 Å². The van der Waals surface area contributed by atoms with Crippen molar-refractivity contribution in [1.29, 1.82) is 0 Å². The number of benzene rings is 2. The Hall–Kier alpha value is -2.75. The van der Waals surface area contributed by atoms with Gasteiger partial charge in [0, 0.05) is 36.3 Å². The van der Waals surface area contributed by atoms with Crippen molar-refractivity contribution in [1.82, 2.24) is 0 Å². The Balaban J connectivity index is 1.90. The fourth-order valence-corrected chi connectivity index (χ4v) is 2.70. The van der Waals surface area contributed by atoms with E-state index in [1.807, 2.05) is 30.3 Å². The number of anilines is 1. The van der Waals surface area contributed by atoms with Crippen LogP contribution in [0, 0.1) is 0 Å². The molecule has 0 aliphatic carbocycles. The van der Waals surface area contributed by atoms with Crippen LogP contribution in [0.25, 0.3) is 11.0 Å². The van der Waals surface area contributed by atoms with Gasteiger partial charge < -0.3 is 14.4 Å². The average molecular weight is 309 g/mol. The van der Waals surface area contributed by atoms with E-state index in [4.69, 9.17) is 4.42 Å². The maximum atomic E-state index is 11.2. The van der Waals surface area contributed by atoms with Crippen molar-refractivity contribution in [3.63, 3.8) is 0 Å². The predicted octanol–water partition coefficient (Wildman–Crippen LogP) is 3.92. The van der Waals surface area contributed by atoms with Gasteiger partial charge in [0.25, 0.3) is 0 Å². The molecule has 0 saturated carbocycles. The first-order valence-corrected chi connectivity index (χ1v) is 7.72. The Labute approximate surface area is 134 Å². The molecular weight excluding hydrogens is 290 g/mol. The van der Waals surface area contributed by atoms with Crippen LogP contribution in [0.15, 0.2) is 63.8 Å². The van der Waals surface area contributed by atoms with Crippen LogP contribution in [0.5, 0.6) is 5.75 Å². The second-order valence-electron chi connectivity index (χ2n) is 5.57. The summed E-state index contributed by atoms with van der Waals surface area (Å²) < 4.78 is 5.17. The van der Waals surface area contributed by atoms with E-state index in [0.717, 1.165) is 36.1 Å². The second-order valence-corrected chi connectivity index (χ2v) is 5.57. The zero-order chi connectivity index (χ0) is 16.2. The van der Waals surface area contributed by atoms with Gasteiger partial charge in [-0.2, -0.15) is 0 Å². The Morgan fingerprint density at radius 2 is 1.96 bits per heavy atom. The van der Waals surface area contributed by atoms with Gasteiger partial charge in [0.05, 0.1) is 0 Å². The summed E-state index contributed by atoms with van der Waals surface area (Å²) in [5, 5.41) is 10.6. The van der Waals surface area contributed by atoms with E-state index in [2.05, 4.69) is 11.8 Å². The lowest BCUT2D eigenvalue weighted by molar-refractivity contribution is 0.475. The van der Waals surface area contributed by atoms with Gasteiger partial charge in [-0.05, 0) is 42.3 Å². The van der Waals surface area contributed by atoms with Gasteiger partial charge >= 0.3 is 5.63 Å². The minimum Gasteiger partial charge on any atom is -0.508 e. The zero-order valence-corrected chi connectivity index (χ0v) is 13.0. The molecule has 0 aliphatic rings. The van der Waals surface area contributed by atoms with Crippen LogP contribution in [0.3, 0.4) is 0 Å². The highest BCUT2D eigenvalue weighted by atomic mass is 16.4. The molecule has 0 aliphatic heterocycles. The number of hydrogen-bond donors (Lipinski definition) is 1. The predicted molar refractivity (Wildman–Crippen MR) is 91.9 cm³/mol. The Morgan fingerprint density at radius 1 is 1.09 bits per heavy atom. The number of rotatable bonds is 5. The molecule has 0 radical (unpaired) electrons. The Morgan fingerprint density at radius 3 is 2.74 bits per heavy atom. The van der Waals surface area contributed by atoms with E-state index in [-0.39, 0.29) is 11.4 Å². The van der Waals surface area contributed by atoms with Crippen LogP contribution < -0.4 is 10.5 Å². The number of nitrogens with zero attached hydrogens (tertiary/aromatic N) is 1. The molecule has 2 aromatic carbocycles. The molecular formula is C19H19NO3. The van der Waals surface area contributed by atoms with Gasteiger partial charge in [0.15, 0.2) is 0 Å². The molecule has 3 aromatic rings. The third-order valence-electron chi connectivity index (χ3n) is 3.75. The molecule has 0 unspecified atom stereocenters. The summed E-state index contributed by atoms with van der Waals surface area (Å²) in [6, 6.07) is 16.3. The van der Waals surface area contributed by atoms with Gasteiger partial charge in [-0.1, -0.05) is 19.1 Å². The quantitative estimate of drug-likeness (QED) is 0.726. The summed E-state index contributed by atoms with van der Waals surface area (Å²) in [5.74, 6) is 0.267. The number of aromatic hydroxyl groups is 1. The van der Waals surface area contributed by atoms with Crippen LogP contribution in [0.1, 0.15) is 18.9 Å². The molecule has 0 spiro atoms. The summed E-state index contributed by atoms with van der Waals surface area (Å²) in [5.41, 5.74) is 2.38. The molecule has 0 saturated heterocycles. The van der Waals surface area contributed by atoms with Crippen LogP contribution in [-0.4, -0.2) is 11.7 Å².